The van der Waals surface area contributed by atoms with E-state index in [1.165, 1.54) is 11.3 Å². The van der Waals surface area contributed by atoms with E-state index >= 15 is 0 Å². The van der Waals surface area contributed by atoms with Crippen LogP contribution in [0.1, 0.15) is 12.2 Å². The first kappa shape index (κ1) is 14.5. The summed E-state index contributed by atoms with van der Waals surface area (Å²) in [6.45, 7) is 7.15. The van der Waals surface area contributed by atoms with Crippen LogP contribution in [0.25, 0.3) is 11.0 Å². The first-order valence-corrected chi connectivity index (χ1v) is 7.83. The van der Waals surface area contributed by atoms with Crippen molar-refractivity contribution in [1.29, 1.82) is 0 Å². The van der Waals surface area contributed by atoms with E-state index in [4.69, 9.17) is 10.7 Å². The van der Waals surface area contributed by atoms with Crippen molar-refractivity contribution in [2.24, 2.45) is 5.73 Å². The van der Waals surface area contributed by atoms with E-state index < -0.39 is 0 Å². The first-order valence-electron chi connectivity index (χ1n) is 7.83. The van der Waals surface area contributed by atoms with E-state index in [2.05, 4.69) is 45.7 Å². The van der Waals surface area contributed by atoms with Gasteiger partial charge in [-0.05, 0) is 32.1 Å². The number of hydrogen-bond acceptors (Lipinski definition) is 4. The van der Waals surface area contributed by atoms with Crippen LogP contribution < -0.4 is 5.73 Å². The van der Waals surface area contributed by atoms with Crippen LogP contribution in [0.3, 0.4) is 0 Å². The van der Waals surface area contributed by atoms with Crippen LogP contribution >= 0.6 is 0 Å². The zero-order valence-corrected chi connectivity index (χ0v) is 12.8. The third-order valence-corrected chi connectivity index (χ3v) is 4.28. The maximum absolute atomic E-state index is 5.69. The van der Waals surface area contributed by atoms with E-state index in [1.54, 1.807) is 0 Å². The fourth-order valence-electron chi connectivity index (χ4n) is 2.95. The molecule has 1 aliphatic heterocycles. The molecule has 3 rings (SSSR count). The van der Waals surface area contributed by atoms with Crippen LogP contribution in [-0.2, 0) is 13.1 Å². The topological polar surface area (TPSA) is 50.3 Å². The summed E-state index contributed by atoms with van der Waals surface area (Å²) in [5.74, 6) is 1.18. The number of aryl methyl sites for hydroxylation is 1. The van der Waals surface area contributed by atoms with Crippen LogP contribution in [0.2, 0.25) is 0 Å². The van der Waals surface area contributed by atoms with Crippen LogP contribution in [0, 0.1) is 0 Å². The minimum atomic E-state index is 0.723. The summed E-state index contributed by atoms with van der Waals surface area (Å²) in [6.07, 6.45) is 0.996. The highest BCUT2D eigenvalue weighted by Crippen LogP contribution is 2.18. The van der Waals surface area contributed by atoms with Gasteiger partial charge >= 0.3 is 0 Å². The first-order chi connectivity index (χ1) is 10.3. The van der Waals surface area contributed by atoms with Crippen molar-refractivity contribution in [3.8, 4) is 0 Å². The van der Waals surface area contributed by atoms with Crippen LogP contribution in [0.5, 0.6) is 0 Å². The van der Waals surface area contributed by atoms with Gasteiger partial charge in [0.2, 0.25) is 0 Å². The second-order valence-electron chi connectivity index (χ2n) is 5.89. The van der Waals surface area contributed by atoms with Gasteiger partial charge in [0.1, 0.15) is 5.82 Å². The van der Waals surface area contributed by atoms with Gasteiger partial charge in [0.05, 0.1) is 17.6 Å². The van der Waals surface area contributed by atoms with E-state index in [0.29, 0.717) is 0 Å². The molecule has 0 bridgehead atoms. The molecule has 0 radical (unpaired) electrons. The van der Waals surface area contributed by atoms with E-state index in [0.717, 1.165) is 57.8 Å². The average molecular weight is 287 g/mol. The third kappa shape index (κ3) is 3.26. The summed E-state index contributed by atoms with van der Waals surface area (Å²) in [6, 6.07) is 8.40. The molecule has 1 fully saturated rings. The summed E-state index contributed by atoms with van der Waals surface area (Å²) in [5.41, 5.74) is 8.02. The van der Waals surface area contributed by atoms with Crippen molar-refractivity contribution in [2.75, 3.05) is 39.8 Å². The molecule has 2 N–H and O–H groups in total. The lowest BCUT2D eigenvalue weighted by molar-refractivity contribution is 0.144. The second-order valence-corrected chi connectivity index (χ2v) is 5.89. The van der Waals surface area contributed by atoms with Crippen molar-refractivity contribution in [1.82, 2.24) is 19.4 Å². The van der Waals surface area contributed by atoms with Gasteiger partial charge in [0.25, 0.3) is 0 Å². The Bertz CT molecular complexity index is 583. The normalized spacial score (nSPS) is 17.6. The number of nitrogens with zero attached hydrogens (tertiary/aromatic N) is 4. The molecule has 0 unspecified atom stereocenters. The minimum absolute atomic E-state index is 0.723. The number of fused-ring (bicyclic) bond motifs is 1. The van der Waals surface area contributed by atoms with E-state index in [1.807, 2.05) is 0 Å². The quantitative estimate of drug-likeness (QED) is 0.896. The molecule has 0 amide bonds. The zero-order chi connectivity index (χ0) is 14.7. The lowest BCUT2D eigenvalue weighted by atomic mass is 10.3. The Kier molecular flexibility index (Phi) is 4.53. The van der Waals surface area contributed by atoms with Crippen molar-refractivity contribution >= 4 is 11.0 Å². The van der Waals surface area contributed by atoms with Crippen molar-refractivity contribution < 1.29 is 0 Å². The maximum atomic E-state index is 5.69. The van der Waals surface area contributed by atoms with Gasteiger partial charge in [-0.2, -0.15) is 0 Å². The predicted molar refractivity (Wildman–Crippen MR) is 86.2 cm³/mol. The highest BCUT2D eigenvalue weighted by Gasteiger charge is 2.17. The number of nitrogens with two attached hydrogens (primary N) is 1. The molecule has 2 aromatic rings. The lowest BCUT2D eigenvalue weighted by Crippen LogP contribution is -2.44. The molecule has 1 saturated heterocycles. The average Bonchev–Trinajstić information content (AvgIpc) is 2.85. The van der Waals surface area contributed by atoms with Gasteiger partial charge in [0, 0.05) is 32.7 Å². The maximum Gasteiger partial charge on any atom is 0.124 e. The Balaban J connectivity index is 1.82. The number of rotatable bonds is 5. The molecular formula is C16H25N5. The zero-order valence-electron chi connectivity index (χ0n) is 12.8. The molecular weight excluding hydrogens is 262 g/mol. The molecule has 0 aliphatic carbocycles. The predicted octanol–water partition coefficient (Wildman–Crippen LogP) is 1.13. The van der Waals surface area contributed by atoms with E-state index in [-0.39, 0.29) is 0 Å². The monoisotopic (exact) mass is 287 g/mol. The second kappa shape index (κ2) is 6.56. The summed E-state index contributed by atoms with van der Waals surface area (Å²) in [5, 5.41) is 0. The third-order valence-electron chi connectivity index (χ3n) is 4.28. The summed E-state index contributed by atoms with van der Waals surface area (Å²) in [4.78, 5) is 9.73. The Hall–Kier alpha value is -1.43. The molecule has 0 spiro atoms. The van der Waals surface area contributed by atoms with Crippen LogP contribution in [0.15, 0.2) is 24.3 Å². The molecule has 1 aromatic heterocycles. The Morgan fingerprint density at radius 2 is 1.90 bits per heavy atom. The van der Waals surface area contributed by atoms with Gasteiger partial charge in [-0.15, -0.1) is 0 Å². The number of benzene rings is 1. The fraction of sp³-hybridized carbons (Fsp3) is 0.562. The van der Waals surface area contributed by atoms with Gasteiger partial charge in [-0.25, -0.2) is 4.98 Å². The number of piperazine rings is 1. The largest absolute Gasteiger partial charge is 0.330 e. The molecule has 5 heteroatoms. The Labute approximate surface area is 126 Å². The lowest BCUT2D eigenvalue weighted by Gasteiger charge is -2.32. The molecule has 0 saturated carbocycles. The summed E-state index contributed by atoms with van der Waals surface area (Å²) >= 11 is 0. The van der Waals surface area contributed by atoms with E-state index in [9.17, 15) is 0 Å². The van der Waals surface area contributed by atoms with Gasteiger partial charge in [-0.3, -0.25) is 4.90 Å². The Morgan fingerprint density at radius 3 is 2.67 bits per heavy atom. The molecule has 1 aromatic carbocycles. The van der Waals surface area contributed by atoms with Crippen molar-refractivity contribution in [3.63, 3.8) is 0 Å². The molecule has 1 aliphatic rings. The molecule has 114 valence electrons. The number of imidazole rings is 1. The molecule has 2 heterocycles. The SMILES string of the molecule is CN1CCN(Cc2nc3ccccc3n2CCCN)CC1. The van der Waals surface area contributed by atoms with Crippen molar-refractivity contribution in [3.05, 3.63) is 30.1 Å². The number of hydrogen-bond donors (Lipinski definition) is 1. The van der Waals surface area contributed by atoms with Crippen LogP contribution in [-0.4, -0.2) is 59.1 Å². The standard InChI is InChI=1S/C16H25N5/c1-19-9-11-20(12-10-19)13-16-18-14-5-2-3-6-15(14)21(16)8-4-7-17/h2-3,5-6H,4,7-13,17H2,1H3. The molecule has 5 nitrogen and oxygen atoms in total. The number of para-hydroxylation sites is 2. The van der Waals surface area contributed by atoms with Crippen LogP contribution in [0.4, 0.5) is 0 Å². The minimum Gasteiger partial charge on any atom is -0.330 e. The van der Waals surface area contributed by atoms with Gasteiger partial charge in [0.15, 0.2) is 0 Å². The van der Waals surface area contributed by atoms with Gasteiger partial charge in [-0.1, -0.05) is 12.1 Å². The molecule has 0 atom stereocenters. The van der Waals surface area contributed by atoms with Crippen molar-refractivity contribution in [2.45, 2.75) is 19.5 Å². The van der Waals surface area contributed by atoms with Gasteiger partial charge < -0.3 is 15.2 Å². The highest BCUT2D eigenvalue weighted by molar-refractivity contribution is 5.75. The fourth-order valence-corrected chi connectivity index (χ4v) is 2.95. The Morgan fingerprint density at radius 1 is 1.14 bits per heavy atom. The smallest absolute Gasteiger partial charge is 0.124 e. The number of aromatic nitrogens is 2. The molecule has 21 heavy (non-hydrogen) atoms. The summed E-state index contributed by atoms with van der Waals surface area (Å²) in [7, 11) is 2.19. The summed E-state index contributed by atoms with van der Waals surface area (Å²) < 4.78 is 2.35. The highest BCUT2D eigenvalue weighted by atomic mass is 15.3. The number of likely N-dealkylation sites (N-methyl/N-ethyl adjacent to an activating group) is 1.